The normalized spacial score (nSPS) is 16.5. The third-order valence-corrected chi connectivity index (χ3v) is 8.21. The molecule has 0 saturated carbocycles. The fraction of sp³-hybridized carbons (Fsp3) is 0.278. The Labute approximate surface area is 194 Å². The predicted octanol–water partition coefficient (Wildman–Crippen LogP) is 0.184. The standard InChI is InChI=1S/C18H15B2F6NO7S/c21-17(22,23)12-1-8(3-14-10(12)6-33-19(14)30)35(32,27-5-16(28)29)9-2-13(18(24,25)26)11-7-34-20(31)15(11)4-9/h1-4,30-31,35H,5-7H2,(H,27,32)(H,28,29). The maximum absolute atomic E-state index is 14.1. The molecule has 4 rings (SSSR count). The molecule has 0 aliphatic carbocycles. The Balaban J connectivity index is 2.01. The molecule has 0 unspecified atom stereocenters. The molecule has 8 nitrogen and oxygen atoms in total. The Kier molecular flexibility index (Phi) is 6.30. The van der Waals surface area contributed by atoms with Crippen molar-refractivity contribution in [2.24, 2.45) is 0 Å². The molecule has 0 bridgehead atoms. The second kappa shape index (κ2) is 8.60. The second-order valence-electron chi connectivity index (χ2n) is 7.78. The Morgan fingerprint density at radius 2 is 1.29 bits per heavy atom. The fourth-order valence-corrected chi connectivity index (χ4v) is 6.29. The van der Waals surface area contributed by atoms with E-state index in [4.69, 9.17) is 14.4 Å². The van der Waals surface area contributed by atoms with Gasteiger partial charge in [-0.25, -0.2) is 4.72 Å². The number of alkyl halides is 6. The van der Waals surface area contributed by atoms with Gasteiger partial charge in [0, 0.05) is 9.79 Å². The van der Waals surface area contributed by atoms with Crippen molar-refractivity contribution in [1.82, 2.24) is 4.72 Å². The summed E-state index contributed by atoms with van der Waals surface area (Å²) in [6.45, 7) is -2.34. The van der Waals surface area contributed by atoms with Gasteiger partial charge in [0.05, 0.1) is 24.3 Å². The molecule has 2 aliphatic heterocycles. The third kappa shape index (κ3) is 4.59. The van der Waals surface area contributed by atoms with E-state index in [0.29, 0.717) is 12.1 Å². The first-order valence-corrected chi connectivity index (χ1v) is 11.5. The summed E-state index contributed by atoms with van der Waals surface area (Å²) in [5.41, 5.74) is -4.42. The van der Waals surface area contributed by atoms with E-state index >= 15 is 0 Å². The maximum atomic E-state index is 14.1. The van der Waals surface area contributed by atoms with Crippen LogP contribution in [0, 0.1) is 0 Å². The van der Waals surface area contributed by atoms with Crippen molar-refractivity contribution >= 4 is 41.3 Å². The number of thiol groups is 1. The highest BCUT2D eigenvalue weighted by Crippen LogP contribution is 2.40. The number of aliphatic carboxylic acids is 1. The number of benzene rings is 2. The number of halogens is 6. The molecule has 35 heavy (non-hydrogen) atoms. The van der Waals surface area contributed by atoms with Crippen LogP contribution in [0.2, 0.25) is 0 Å². The highest BCUT2D eigenvalue weighted by molar-refractivity contribution is 8.01. The number of hydrogen-bond donors (Lipinski definition) is 5. The summed E-state index contributed by atoms with van der Waals surface area (Å²) in [4.78, 5) is 9.75. The number of carboxylic acid groups (broad SMARTS) is 1. The first kappa shape index (κ1) is 25.7. The summed E-state index contributed by atoms with van der Waals surface area (Å²) < 4.78 is 108. The zero-order chi connectivity index (χ0) is 25.9. The minimum atomic E-state index is -5.02. The van der Waals surface area contributed by atoms with Crippen molar-refractivity contribution in [2.45, 2.75) is 35.4 Å². The molecule has 2 heterocycles. The van der Waals surface area contributed by atoms with Crippen LogP contribution >= 0.6 is 0 Å². The molecule has 2 aromatic rings. The van der Waals surface area contributed by atoms with Gasteiger partial charge in [0.2, 0.25) is 0 Å². The third-order valence-electron chi connectivity index (χ3n) is 5.63. The van der Waals surface area contributed by atoms with Crippen LogP contribution in [0.1, 0.15) is 22.3 Å². The summed E-state index contributed by atoms with van der Waals surface area (Å²) in [6.07, 6.45) is -10.0. The van der Waals surface area contributed by atoms with E-state index in [9.17, 15) is 45.4 Å². The minimum Gasteiger partial charge on any atom is -0.480 e. The average molecular weight is 525 g/mol. The Morgan fingerprint density at radius 1 is 0.886 bits per heavy atom. The molecule has 0 aromatic heterocycles. The molecule has 17 heteroatoms. The summed E-state index contributed by atoms with van der Waals surface area (Å²) in [5.74, 6) is -1.59. The number of rotatable bonds is 5. The van der Waals surface area contributed by atoms with Gasteiger partial charge in [-0.1, -0.05) is 0 Å². The quantitative estimate of drug-likeness (QED) is 0.215. The summed E-state index contributed by atoms with van der Waals surface area (Å²) in [6, 6.07) is 2.57. The van der Waals surface area contributed by atoms with Crippen LogP contribution in [0.15, 0.2) is 34.1 Å². The molecule has 2 aliphatic rings. The van der Waals surface area contributed by atoms with Crippen LogP contribution in [0.25, 0.3) is 0 Å². The Bertz CT molecular complexity index is 1170. The van der Waals surface area contributed by atoms with Crippen LogP contribution in [-0.4, -0.2) is 46.1 Å². The van der Waals surface area contributed by atoms with E-state index in [1.165, 1.54) is 0 Å². The van der Waals surface area contributed by atoms with Crippen LogP contribution in [0.5, 0.6) is 0 Å². The number of carboxylic acids is 1. The van der Waals surface area contributed by atoms with Gasteiger partial charge >= 0.3 is 32.6 Å². The SMILES string of the molecule is O=C(O)CN[SH](=O)(c1cc2c(c(C(F)(F)F)c1)COB2O)c1cc2c(c(C(F)(F)F)c1)COB2O. The van der Waals surface area contributed by atoms with E-state index in [0.717, 1.165) is 12.1 Å². The van der Waals surface area contributed by atoms with E-state index in [2.05, 4.69) is 4.72 Å². The second-order valence-corrected chi connectivity index (χ2v) is 10.3. The largest absolute Gasteiger partial charge is 0.491 e. The van der Waals surface area contributed by atoms with Crippen LogP contribution < -0.4 is 15.6 Å². The van der Waals surface area contributed by atoms with Gasteiger partial charge in [0.15, 0.2) is 0 Å². The van der Waals surface area contributed by atoms with Crippen molar-refractivity contribution in [3.63, 3.8) is 0 Å². The zero-order valence-corrected chi connectivity index (χ0v) is 18.2. The Morgan fingerprint density at radius 3 is 1.63 bits per heavy atom. The van der Waals surface area contributed by atoms with Gasteiger partial charge < -0.3 is 24.5 Å². The zero-order valence-electron chi connectivity index (χ0n) is 17.3. The molecule has 0 amide bonds. The monoisotopic (exact) mass is 525 g/mol. The lowest BCUT2D eigenvalue weighted by atomic mass is 9.78. The fourth-order valence-electron chi connectivity index (χ4n) is 4.00. The van der Waals surface area contributed by atoms with Crippen molar-refractivity contribution in [1.29, 1.82) is 0 Å². The van der Waals surface area contributed by atoms with Gasteiger partial charge in [0.25, 0.3) is 0 Å². The minimum absolute atomic E-state index is 0.409. The first-order chi connectivity index (χ1) is 16.1. The van der Waals surface area contributed by atoms with Gasteiger partial charge in [-0.05, 0) is 56.4 Å². The molecule has 0 fully saturated rings. The number of nitrogens with one attached hydrogen (secondary N) is 1. The molecule has 2 aromatic carbocycles. The number of hydrogen-bond acceptors (Lipinski definition) is 6. The first-order valence-electron chi connectivity index (χ1n) is 9.78. The van der Waals surface area contributed by atoms with Crippen molar-refractivity contribution in [3.8, 4) is 0 Å². The van der Waals surface area contributed by atoms with Crippen molar-refractivity contribution < 1.29 is 59.8 Å². The van der Waals surface area contributed by atoms with Crippen molar-refractivity contribution in [3.05, 3.63) is 46.5 Å². The van der Waals surface area contributed by atoms with Crippen molar-refractivity contribution in [2.75, 3.05) is 6.54 Å². The van der Waals surface area contributed by atoms with Crippen LogP contribution in [0.3, 0.4) is 0 Å². The summed E-state index contributed by atoms with van der Waals surface area (Å²) in [7, 11) is -8.42. The number of carbonyl (C=O) groups is 1. The molecule has 4 N–H and O–H groups in total. The molecule has 0 saturated heterocycles. The highest BCUT2D eigenvalue weighted by Gasteiger charge is 2.44. The number of fused-ring (bicyclic) bond motifs is 2. The summed E-state index contributed by atoms with van der Waals surface area (Å²) >= 11 is 0. The van der Waals surface area contributed by atoms with E-state index in [-0.39, 0.29) is 0 Å². The molecule has 0 radical (unpaired) electrons. The van der Waals surface area contributed by atoms with Gasteiger partial charge in [-0.2, -0.15) is 26.3 Å². The molecular formula is C18H15B2F6NO7S. The van der Waals surface area contributed by atoms with Gasteiger partial charge in [-0.3, -0.25) is 9.00 Å². The summed E-state index contributed by atoms with van der Waals surface area (Å²) in [5, 5.41) is 29.0. The maximum Gasteiger partial charge on any atom is 0.491 e. The molecular weight excluding hydrogens is 510 g/mol. The lowest BCUT2D eigenvalue weighted by molar-refractivity contribution is -0.139. The Hall–Kier alpha value is -2.43. The van der Waals surface area contributed by atoms with Gasteiger partial charge in [-0.15, -0.1) is 0 Å². The van der Waals surface area contributed by atoms with E-state index in [1.54, 1.807) is 0 Å². The topological polar surface area (TPSA) is 125 Å². The average Bonchev–Trinajstić information content (AvgIpc) is 3.32. The van der Waals surface area contributed by atoms with Crippen LogP contribution in [-0.2, 0) is 49.8 Å². The van der Waals surface area contributed by atoms with E-state index < -0.39 is 105 Å². The van der Waals surface area contributed by atoms with Crippen LogP contribution in [0.4, 0.5) is 26.3 Å². The smallest absolute Gasteiger partial charge is 0.480 e. The van der Waals surface area contributed by atoms with E-state index in [1.807, 2.05) is 0 Å². The predicted molar refractivity (Wildman–Crippen MR) is 109 cm³/mol. The lowest BCUT2D eigenvalue weighted by Gasteiger charge is -2.29. The molecule has 0 atom stereocenters. The lowest BCUT2D eigenvalue weighted by Crippen LogP contribution is -2.39. The highest BCUT2D eigenvalue weighted by atomic mass is 32.3. The molecule has 188 valence electrons. The van der Waals surface area contributed by atoms with Gasteiger partial charge in [0.1, 0.15) is 6.54 Å². The molecule has 0 spiro atoms.